The molecule has 0 saturated carbocycles. The van der Waals surface area contributed by atoms with Crippen LogP contribution in [0, 0.1) is 0 Å². The molecule has 0 amide bonds. The van der Waals surface area contributed by atoms with Gasteiger partial charge in [-0.25, -0.2) is 0 Å². The summed E-state index contributed by atoms with van der Waals surface area (Å²) < 4.78 is 4.66. The highest BCUT2D eigenvalue weighted by Crippen LogP contribution is 2.03. The second-order valence-corrected chi connectivity index (χ2v) is 1.94. The van der Waals surface area contributed by atoms with Crippen LogP contribution in [0.5, 0.6) is 6.01 Å². The third-order valence-corrected chi connectivity index (χ3v) is 1.17. The van der Waals surface area contributed by atoms with Gasteiger partial charge in [0.1, 0.15) is 11.4 Å². The molecule has 0 aliphatic rings. The molecule has 1 heterocycles. The van der Waals surface area contributed by atoms with Gasteiger partial charge in [0, 0.05) is 0 Å². The molecule has 0 aliphatic heterocycles. The van der Waals surface area contributed by atoms with E-state index in [0.717, 1.165) is 0 Å². The summed E-state index contributed by atoms with van der Waals surface area (Å²) in [6.45, 7) is 0. The van der Waals surface area contributed by atoms with E-state index in [1.54, 1.807) is 0 Å². The number of ether oxygens (including phenoxy) is 1. The first kappa shape index (κ1) is 8.32. The topological polar surface area (TPSA) is 69.2 Å². The van der Waals surface area contributed by atoms with Gasteiger partial charge in [0.2, 0.25) is 0 Å². The lowest BCUT2D eigenvalue weighted by Gasteiger charge is -1.97. The van der Waals surface area contributed by atoms with Crippen molar-refractivity contribution in [2.45, 2.75) is 0 Å². The van der Waals surface area contributed by atoms with E-state index >= 15 is 0 Å². The quantitative estimate of drug-likeness (QED) is 0.596. The molecule has 0 radical (unpaired) electrons. The Morgan fingerprint density at radius 1 is 1.25 bits per heavy atom. The molecule has 1 rings (SSSR count). The number of methoxy groups -OCH3 is 1. The van der Waals surface area contributed by atoms with Gasteiger partial charge in [-0.1, -0.05) is 0 Å². The van der Waals surface area contributed by atoms with Crippen molar-refractivity contribution in [2.75, 3.05) is 7.11 Å². The van der Waals surface area contributed by atoms with E-state index in [2.05, 4.69) is 14.7 Å². The van der Waals surface area contributed by atoms with Crippen LogP contribution in [0.15, 0.2) is 6.07 Å². The SMILES string of the molecule is COc1nc(C=O)cc(C=O)n1. The summed E-state index contributed by atoms with van der Waals surface area (Å²) in [6.07, 6.45) is 1.05. The molecule has 0 atom stereocenters. The zero-order valence-electron chi connectivity index (χ0n) is 6.35. The van der Waals surface area contributed by atoms with Gasteiger partial charge >= 0.3 is 6.01 Å². The number of carbonyl (C=O) groups is 2. The van der Waals surface area contributed by atoms with Gasteiger partial charge in [0.05, 0.1) is 7.11 Å². The van der Waals surface area contributed by atoms with Crippen LogP contribution in [0.25, 0.3) is 0 Å². The predicted octanol–water partition coefficient (Wildman–Crippen LogP) is 0.110. The number of hydrogen-bond acceptors (Lipinski definition) is 5. The van der Waals surface area contributed by atoms with Crippen LogP contribution in [-0.2, 0) is 0 Å². The molecule has 0 aromatic carbocycles. The zero-order valence-corrected chi connectivity index (χ0v) is 6.35. The molecule has 1 aromatic heterocycles. The summed E-state index contributed by atoms with van der Waals surface area (Å²) in [6, 6.07) is 1.30. The number of hydrogen-bond donors (Lipinski definition) is 0. The van der Waals surface area contributed by atoms with Crippen molar-refractivity contribution >= 4 is 12.6 Å². The third kappa shape index (κ3) is 1.63. The second kappa shape index (κ2) is 3.56. The Balaban J connectivity index is 3.18. The molecule has 0 aliphatic carbocycles. The largest absolute Gasteiger partial charge is 0.467 e. The normalized spacial score (nSPS) is 9.08. The van der Waals surface area contributed by atoms with E-state index in [4.69, 9.17) is 0 Å². The number of rotatable bonds is 3. The first-order valence-corrected chi connectivity index (χ1v) is 3.13. The van der Waals surface area contributed by atoms with E-state index in [0.29, 0.717) is 12.6 Å². The fourth-order valence-corrected chi connectivity index (χ4v) is 0.674. The van der Waals surface area contributed by atoms with Gasteiger partial charge in [-0.3, -0.25) is 9.59 Å². The number of aromatic nitrogens is 2. The summed E-state index contributed by atoms with van der Waals surface area (Å²) in [5.41, 5.74) is 0.257. The van der Waals surface area contributed by atoms with Crippen molar-refractivity contribution < 1.29 is 14.3 Å². The summed E-state index contributed by atoms with van der Waals surface area (Å²) in [5.74, 6) is 0. The maximum absolute atomic E-state index is 10.3. The summed E-state index contributed by atoms with van der Waals surface area (Å²) in [7, 11) is 1.36. The summed E-state index contributed by atoms with van der Waals surface area (Å²) in [4.78, 5) is 27.9. The van der Waals surface area contributed by atoms with Gasteiger partial charge in [-0.2, -0.15) is 9.97 Å². The Kier molecular flexibility index (Phi) is 2.47. The van der Waals surface area contributed by atoms with E-state index in [1.807, 2.05) is 0 Å². The fourth-order valence-electron chi connectivity index (χ4n) is 0.674. The molecule has 0 N–H and O–H groups in total. The van der Waals surface area contributed by atoms with Gasteiger partial charge in [0.15, 0.2) is 12.6 Å². The standard InChI is InChI=1S/C7H6N2O3/c1-12-7-8-5(3-10)2-6(4-11)9-7/h2-4H,1H3. The van der Waals surface area contributed by atoms with Gasteiger partial charge in [0.25, 0.3) is 0 Å². The molecule has 62 valence electrons. The second-order valence-electron chi connectivity index (χ2n) is 1.94. The maximum Gasteiger partial charge on any atom is 0.317 e. The van der Waals surface area contributed by atoms with Crippen molar-refractivity contribution in [3.05, 3.63) is 17.5 Å². The summed E-state index contributed by atoms with van der Waals surface area (Å²) in [5, 5.41) is 0. The molecule has 1 aromatic rings. The molecular formula is C7H6N2O3. The van der Waals surface area contributed by atoms with Gasteiger partial charge in [-0.05, 0) is 6.07 Å². The van der Waals surface area contributed by atoms with E-state index < -0.39 is 0 Å². The molecule has 0 unspecified atom stereocenters. The third-order valence-electron chi connectivity index (χ3n) is 1.17. The van der Waals surface area contributed by atoms with Crippen molar-refractivity contribution in [3.8, 4) is 6.01 Å². The Morgan fingerprint density at radius 2 is 1.75 bits per heavy atom. The van der Waals surface area contributed by atoms with Crippen molar-refractivity contribution in [1.29, 1.82) is 0 Å². The minimum absolute atomic E-state index is 0.0155. The summed E-state index contributed by atoms with van der Waals surface area (Å²) >= 11 is 0. The number of carbonyl (C=O) groups excluding carboxylic acids is 2. The minimum atomic E-state index is 0.0155. The van der Waals surface area contributed by atoms with Crippen LogP contribution in [0.4, 0.5) is 0 Å². The predicted molar refractivity (Wildman–Crippen MR) is 39.4 cm³/mol. The molecular weight excluding hydrogens is 160 g/mol. The average molecular weight is 166 g/mol. The minimum Gasteiger partial charge on any atom is -0.467 e. The zero-order chi connectivity index (χ0) is 8.97. The van der Waals surface area contributed by atoms with E-state index in [-0.39, 0.29) is 17.4 Å². The van der Waals surface area contributed by atoms with E-state index in [1.165, 1.54) is 13.2 Å². The lowest BCUT2D eigenvalue weighted by molar-refractivity contribution is 0.111. The number of nitrogens with zero attached hydrogens (tertiary/aromatic N) is 2. The molecule has 0 saturated heterocycles. The highest BCUT2D eigenvalue weighted by molar-refractivity contribution is 5.78. The lowest BCUT2D eigenvalue weighted by atomic mass is 10.3. The fraction of sp³-hybridized carbons (Fsp3) is 0.143. The van der Waals surface area contributed by atoms with Crippen LogP contribution < -0.4 is 4.74 Å². The van der Waals surface area contributed by atoms with Gasteiger partial charge < -0.3 is 4.74 Å². The van der Waals surface area contributed by atoms with Gasteiger partial charge in [-0.15, -0.1) is 0 Å². The average Bonchev–Trinajstić information content (AvgIpc) is 2.16. The van der Waals surface area contributed by atoms with Crippen LogP contribution >= 0.6 is 0 Å². The monoisotopic (exact) mass is 166 g/mol. The van der Waals surface area contributed by atoms with Crippen LogP contribution in [-0.4, -0.2) is 29.7 Å². The first-order valence-electron chi connectivity index (χ1n) is 3.13. The maximum atomic E-state index is 10.3. The first-order chi connectivity index (χ1) is 5.80. The van der Waals surface area contributed by atoms with Crippen LogP contribution in [0.3, 0.4) is 0 Å². The highest BCUT2D eigenvalue weighted by Gasteiger charge is 2.02. The smallest absolute Gasteiger partial charge is 0.317 e. The van der Waals surface area contributed by atoms with Crippen LogP contribution in [0.1, 0.15) is 21.0 Å². The Morgan fingerprint density at radius 3 is 2.08 bits per heavy atom. The van der Waals surface area contributed by atoms with E-state index in [9.17, 15) is 9.59 Å². The lowest BCUT2D eigenvalue weighted by Crippen LogP contribution is -1.99. The van der Waals surface area contributed by atoms with Crippen molar-refractivity contribution in [2.24, 2.45) is 0 Å². The Bertz CT molecular complexity index is 285. The molecule has 12 heavy (non-hydrogen) atoms. The Labute approximate surface area is 68.4 Å². The molecule has 5 heteroatoms. The molecule has 0 bridgehead atoms. The van der Waals surface area contributed by atoms with Crippen molar-refractivity contribution in [1.82, 2.24) is 9.97 Å². The molecule has 0 fully saturated rings. The van der Waals surface area contributed by atoms with Crippen molar-refractivity contribution in [3.63, 3.8) is 0 Å². The van der Waals surface area contributed by atoms with Crippen LogP contribution in [0.2, 0.25) is 0 Å². The highest BCUT2D eigenvalue weighted by atomic mass is 16.5. The molecule has 5 nitrogen and oxygen atoms in total. The number of aldehydes is 2. The molecule has 0 spiro atoms. The Hall–Kier alpha value is -1.78.